The molecule has 5 nitrogen and oxygen atoms in total. The van der Waals surface area contributed by atoms with Crippen LogP contribution in [0, 0.1) is 6.92 Å². The van der Waals surface area contributed by atoms with Crippen LogP contribution in [0.15, 0.2) is 59.1 Å². The average Bonchev–Trinajstić information content (AvgIpc) is 3.03. The van der Waals surface area contributed by atoms with Gasteiger partial charge in [0.1, 0.15) is 17.4 Å². The van der Waals surface area contributed by atoms with Crippen LogP contribution < -0.4 is 4.74 Å². The molecule has 1 aliphatic rings. The monoisotopic (exact) mass is 321 g/mol. The number of para-hydroxylation sites is 2. The van der Waals surface area contributed by atoms with Crippen molar-refractivity contribution in [2.24, 2.45) is 0 Å². The van der Waals surface area contributed by atoms with Gasteiger partial charge in [-0.05, 0) is 19.1 Å². The second-order valence-corrected chi connectivity index (χ2v) is 5.65. The van der Waals surface area contributed by atoms with E-state index < -0.39 is 5.92 Å². The summed E-state index contributed by atoms with van der Waals surface area (Å²) < 4.78 is 16.4. The van der Waals surface area contributed by atoms with Crippen LogP contribution in [-0.2, 0) is 16.1 Å². The Morgan fingerprint density at radius 3 is 2.29 bits per heavy atom. The lowest BCUT2D eigenvalue weighted by Gasteiger charge is -2.26. The highest BCUT2D eigenvalue weighted by Gasteiger charge is 2.33. The number of fused-ring (bicyclic) bond motifs is 2. The van der Waals surface area contributed by atoms with E-state index in [9.17, 15) is 4.79 Å². The summed E-state index contributed by atoms with van der Waals surface area (Å²) in [5.41, 5.74) is 2.35. The van der Waals surface area contributed by atoms with Gasteiger partial charge in [0, 0.05) is 17.2 Å². The van der Waals surface area contributed by atoms with Gasteiger partial charge in [0.15, 0.2) is 12.4 Å². The number of nitrogens with zero attached hydrogens (tertiary/aromatic N) is 1. The molecule has 0 radical (unpaired) electrons. The van der Waals surface area contributed by atoms with E-state index >= 15 is 0 Å². The number of hydrogen-bond acceptors (Lipinski definition) is 5. The van der Waals surface area contributed by atoms with E-state index in [0.717, 1.165) is 16.8 Å². The number of rotatable bonds is 3. The van der Waals surface area contributed by atoms with E-state index in [-0.39, 0.29) is 12.6 Å². The van der Waals surface area contributed by atoms with E-state index in [1.54, 1.807) is 6.07 Å². The molecule has 0 bridgehead atoms. The highest BCUT2D eigenvalue weighted by molar-refractivity contribution is 5.85. The standard InChI is InChI=1S/C19H15NO4/c1-12-10-13(24-20-12)11-22-19(21)18-14-6-2-4-8-16(14)23-17-9-5-3-7-15(17)18/h2-10,18H,11H2,1H3. The Hall–Kier alpha value is -3.08. The van der Waals surface area contributed by atoms with Crippen LogP contribution in [0.2, 0.25) is 0 Å². The third-order valence-corrected chi connectivity index (χ3v) is 3.95. The predicted molar refractivity (Wildman–Crippen MR) is 85.8 cm³/mol. The van der Waals surface area contributed by atoms with Crippen LogP contribution >= 0.6 is 0 Å². The summed E-state index contributed by atoms with van der Waals surface area (Å²) in [5, 5.41) is 3.79. The summed E-state index contributed by atoms with van der Waals surface area (Å²) in [7, 11) is 0. The molecule has 0 saturated heterocycles. The lowest BCUT2D eigenvalue weighted by Crippen LogP contribution is -2.21. The molecule has 2 heterocycles. The summed E-state index contributed by atoms with van der Waals surface area (Å²) in [6.07, 6.45) is 0. The Balaban J connectivity index is 1.65. The van der Waals surface area contributed by atoms with Gasteiger partial charge in [-0.2, -0.15) is 0 Å². The molecule has 0 N–H and O–H groups in total. The maximum absolute atomic E-state index is 12.8. The number of hydrogen-bond donors (Lipinski definition) is 0. The van der Waals surface area contributed by atoms with Gasteiger partial charge in [0.2, 0.25) is 0 Å². The largest absolute Gasteiger partial charge is 0.457 e. The number of carbonyl (C=O) groups excluding carboxylic acids is 1. The molecule has 2 aromatic carbocycles. The molecule has 1 aliphatic heterocycles. The van der Waals surface area contributed by atoms with E-state index in [1.165, 1.54) is 0 Å². The average molecular weight is 321 g/mol. The molecule has 5 heteroatoms. The Morgan fingerprint density at radius 1 is 1.08 bits per heavy atom. The molecule has 0 spiro atoms. The number of benzene rings is 2. The number of carbonyl (C=O) groups is 1. The van der Waals surface area contributed by atoms with Crippen molar-refractivity contribution >= 4 is 5.97 Å². The SMILES string of the molecule is Cc1cc(COC(=O)C2c3ccccc3Oc3ccccc32)on1. The molecule has 1 aromatic heterocycles. The van der Waals surface area contributed by atoms with Crippen LogP contribution in [0.4, 0.5) is 0 Å². The van der Waals surface area contributed by atoms with Crippen molar-refractivity contribution < 1.29 is 18.8 Å². The number of ether oxygens (including phenoxy) is 2. The third-order valence-electron chi connectivity index (χ3n) is 3.95. The molecule has 24 heavy (non-hydrogen) atoms. The van der Waals surface area contributed by atoms with E-state index in [1.807, 2.05) is 55.5 Å². The maximum Gasteiger partial charge on any atom is 0.318 e. The van der Waals surface area contributed by atoms with Gasteiger partial charge in [-0.1, -0.05) is 41.6 Å². The van der Waals surface area contributed by atoms with Crippen molar-refractivity contribution in [1.82, 2.24) is 5.16 Å². The third kappa shape index (κ3) is 2.54. The van der Waals surface area contributed by atoms with Gasteiger partial charge in [-0.3, -0.25) is 4.79 Å². The zero-order chi connectivity index (χ0) is 16.5. The van der Waals surface area contributed by atoms with Gasteiger partial charge in [0.05, 0.1) is 5.69 Å². The quantitative estimate of drug-likeness (QED) is 0.683. The van der Waals surface area contributed by atoms with Crippen molar-refractivity contribution in [2.45, 2.75) is 19.4 Å². The predicted octanol–water partition coefficient (Wildman–Crippen LogP) is 3.96. The highest BCUT2D eigenvalue weighted by atomic mass is 16.6. The Kier molecular flexibility index (Phi) is 3.54. The van der Waals surface area contributed by atoms with Crippen molar-refractivity contribution in [3.05, 3.63) is 77.2 Å². The van der Waals surface area contributed by atoms with Crippen molar-refractivity contribution in [3.8, 4) is 11.5 Å². The second kappa shape index (κ2) is 5.85. The fraction of sp³-hybridized carbons (Fsp3) is 0.158. The molecular weight excluding hydrogens is 306 g/mol. The number of esters is 1. The zero-order valence-electron chi connectivity index (χ0n) is 13.1. The van der Waals surface area contributed by atoms with Crippen LogP contribution in [-0.4, -0.2) is 11.1 Å². The molecule has 0 fully saturated rings. The summed E-state index contributed by atoms with van der Waals surface area (Å²) >= 11 is 0. The summed E-state index contributed by atoms with van der Waals surface area (Å²) in [4.78, 5) is 12.8. The normalized spacial score (nSPS) is 12.9. The Bertz CT molecular complexity index is 854. The molecule has 0 aliphatic carbocycles. The number of aromatic nitrogens is 1. The molecule has 0 saturated carbocycles. The van der Waals surface area contributed by atoms with Gasteiger partial charge < -0.3 is 14.0 Å². The highest BCUT2D eigenvalue weighted by Crippen LogP contribution is 2.44. The molecule has 4 rings (SSSR count). The molecular formula is C19H15NO4. The minimum Gasteiger partial charge on any atom is -0.457 e. The maximum atomic E-state index is 12.8. The van der Waals surface area contributed by atoms with Crippen LogP contribution in [0.5, 0.6) is 11.5 Å². The van der Waals surface area contributed by atoms with Gasteiger partial charge >= 0.3 is 5.97 Å². The van der Waals surface area contributed by atoms with Gasteiger partial charge in [-0.25, -0.2) is 0 Å². The second-order valence-electron chi connectivity index (χ2n) is 5.65. The molecule has 0 atom stereocenters. The minimum atomic E-state index is -0.518. The smallest absolute Gasteiger partial charge is 0.318 e. The van der Waals surface area contributed by atoms with Crippen molar-refractivity contribution in [2.75, 3.05) is 0 Å². The minimum absolute atomic E-state index is 0.0569. The first-order valence-electron chi connectivity index (χ1n) is 7.67. The lowest BCUT2D eigenvalue weighted by atomic mass is 9.88. The summed E-state index contributed by atoms with van der Waals surface area (Å²) in [6.45, 7) is 1.88. The van der Waals surface area contributed by atoms with Gasteiger partial charge in [0.25, 0.3) is 0 Å². The molecule has 120 valence electrons. The first kappa shape index (κ1) is 14.5. The Morgan fingerprint density at radius 2 is 1.71 bits per heavy atom. The van der Waals surface area contributed by atoms with Crippen LogP contribution in [0.3, 0.4) is 0 Å². The topological polar surface area (TPSA) is 61.6 Å². The zero-order valence-corrected chi connectivity index (χ0v) is 13.1. The first-order chi connectivity index (χ1) is 11.7. The van der Waals surface area contributed by atoms with Crippen molar-refractivity contribution in [1.29, 1.82) is 0 Å². The molecule has 0 unspecified atom stereocenters. The van der Waals surface area contributed by atoms with Gasteiger partial charge in [-0.15, -0.1) is 0 Å². The lowest BCUT2D eigenvalue weighted by molar-refractivity contribution is -0.146. The fourth-order valence-electron chi connectivity index (χ4n) is 2.87. The molecule has 3 aromatic rings. The summed E-state index contributed by atoms with van der Waals surface area (Å²) in [5.74, 6) is 1.01. The van der Waals surface area contributed by atoms with Crippen LogP contribution in [0.25, 0.3) is 0 Å². The van der Waals surface area contributed by atoms with E-state index in [0.29, 0.717) is 17.3 Å². The van der Waals surface area contributed by atoms with E-state index in [4.69, 9.17) is 14.0 Å². The molecule has 0 amide bonds. The van der Waals surface area contributed by atoms with Crippen LogP contribution in [0.1, 0.15) is 28.5 Å². The summed E-state index contributed by atoms with van der Waals surface area (Å²) in [6, 6.07) is 16.8. The Labute approximate surface area is 138 Å². The first-order valence-corrected chi connectivity index (χ1v) is 7.67. The number of aryl methyl sites for hydroxylation is 1. The van der Waals surface area contributed by atoms with E-state index in [2.05, 4.69) is 5.16 Å². The van der Waals surface area contributed by atoms with Crippen molar-refractivity contribution in [3.63, 3.8) is 0 Å². The fourth-order valence-corrected chi connectivity index (χ4v) is 2.87.